The number of hydrogen-bond acceptors (Lipinski definition) is 2. The van der Waals surface area contributed by atoms with Gasteiger partial charge >= 0.3 is 5.97 Å². The molecule has 3 N–H and O–H groups in total. The minimum absolute atomic E-state index is 0.262. The number of carbonyl (C=O) groups is 1. The Morgan fingerprint density at radius 1 is 0.576 bits per heavy atom. The van der Waals surface area contributed by atoms with Crippen molar-refractivity contribution in [3.8, 4) is 0 Å². The Labute approximate surface area is 206 Å². The summed E-state index contributed by atoms with van der Waals surface area (Å²) in [5.41, 5.74) is 5.39. The minimum Gasteiger partial charge on any atom is -0.481 e. The van der Waals surface area contributed by atoms with E-state index < -0.39 is 5.97 Å². The molecule has 0 saturated carbocycles. The largest absolute Gasteiger partial charge is 0.481 e. The zero-order valence-electron chi connectivity index (χ0n) is 22.0. The van der Waals surface area contributed by atoms with Gasteiger partial charge in [-0.25, -0.2) is 0 Å². The topological polar surface area (TPSA) is 63.3 Å². The third-order valence-corrected chi connectivity index (χ3v) is 5.28. The van der Waals surface area contributed by atoms with Gasteiger partial charge in [0.2, 0.25) is 0 Å². The maximum absolute atomic E-state index is 10.3. The van der Waals surface area contributed by atoms with Gasteiger partial charge in [0.25, 0.3) is 0 Å². The first-order chi connectivity index (χ1) is 16.2. The molecular formula is C30H55NO2. The Morgan fingerprint density at radius 3 is 1.42 bits per heavy atom. The van der Waals surface area contributed by atoms with Gasteiger partial charge in [0.1, 0.15) is 0 Å². The predicted octanol–water partition coefficient (Wildman–Crippen LogP) is 9.30. The quantitative estimate of drug-likeness (QED) is 0.125. The zero-order chi connectivity index (χ0) is 24.7. The molecule has 33 heavy (non-hydrogen) atoms. The van der Waals surface area contributed by atoms with E-state index in [-0.39, 0.29) is 6.42 Å². The highest BCUT2D eigenvalue weighted by Gasteiger charge is 1.92. The fraction of sp³-hybridized carbons (Fsp3) is 0.700. The molecule has 0 aliphatic carbocycles. The molecule has 0 heterocycles. The second kappa shape index (κ2) is 32.6. The van der Waals surface area contributed by atoms with Gasteiger partial charge in [0.15, 0.2) is 0 Å². The summed E-state index contributed by atoms with van der Waals surface area (Å²) in [5.74, 6) is -0.712. The van der Waals surface area contributed by atoms with Crippen molar-refractivity contribution in [2.75, 3.05) is 6.54 Å². The minimum atomic E-state index is -0.712. The molecule has 0 saturated heterocycles. The van der Waals surface area contributed by atoms with Crippen LogP contribution in [0.5, 0.6) is 0 Å². The van der Waals surface area contributed by atoms with Gasteiger partial charge < -0.3 is 10.8 Å². The van der Waals surface area contributed by atoms with E-state index in [0.717, 1.165) is 38.6 Å². The smallest absolute Gasteiger partial charge is 0.303 e. The van der Waals surface area contributed by atoms with Crippen LogP contribution >= 0.6 is 0 Å². The second-order valence-corrected chi connectivity index (χ2v) is 8.64. The average Bonchev–Trinajstić information content (AvgIpc) is 2.81. The van der Waals surface area contributed by atoms with Crippen molar-refractivity contribution in [3.63, 3.8) is 0 Å². The summed E-state index contributed by atoms with van der Waals surface area (Å²) < 4.78 is 0. The van der Waals surface area contributed by atoms with Crippen LogP contribution < -0.4 is 5.73 Å². The van der Waals surface area contributed by atoms with Gasteiger partial charge in [0.05, 0.1) is 0 Å². The van der Waals surface area contributed by atoms with Crippen LogP contribution in [0, 0.1) is 0 Å². The van der Waals surface area contributed by atoms with Crippen LogP contribution in [0.2, 0.25) is 0 Å². The highest BCUT2D eigenvalue weighted by Crippen LogP contribution is 2.07. The summed E-state index contributed by atoms with van der Waals surface area (Å²) in [6.07, 6.45) is 38.3. The van der Waals surface area contributed by atoms with Gasteiger partial charge in [-0.3, -0.25) is 4.79 Å². The van der Waals surface area contributed by atoms with Crippen molar-refractivity contribution in [1.82, 2.24) is 0 Å². The first-order valence-electron chi connectivity index (χ1n) is 13.7. The molecule has 0 radical (unpaired) electrons. The normalized spacial score (nSPS) is 11.7. The Bertz CT molecular complexity index is 484. The number of carboxylic acids is 1. The SMILES string of the molecule is CCCCC/C=C\C/C=C\C/C=C\C/C=C\CCCC(=O)O.CCCCCCCCCCN. The lowest BCUT2D eigenvalue weighted by molar-refractivity contribution is -0.137. The van der Waals surface area contributed by atoms with Crippen molar-refractivity contribution in [2.24, 2.45) is 5.73 Å². The molecule has 0 rings (SSSR count). The van der Waals surface area contributed by atoms with Gasteiger partial charge in [-0.2, -0.15) is 0 Å². The lowest BCUT2D eigenvalue weighted by Crippen LogP contribution is -1.97. The van der Waals surface area contributed by atoms with E-state index in [9.17, 15) is 4.79 Å². The molecule has 0 amide bonds. The van der Waals surface area contributed by atoms with Gasteiger partial charge in [-0.15, -0.1) is 0 Å². The summed E-state index contributed by atoms with van der Waals surface area (Å²) in [6.45, 7) is 5.36. The zero-order valence-corrected chi connectivity index (χ0v) is 22.0. The van der Waals surface area contributed by atoms with Crippen LogP contribution in [0.1, 0.15) is 129 Å². The number of nitrogens with two attached hydrogens (primary N) is 1. The maximum atomic E-state index is 10.3. The lowest BCUT2D eigenvalue weighted by Gasteiger charge is -1.99. The van der Waals surface area contributed by atoms with Crippen molar-refractivity contribution in [2.45, 2.75) is 129 Å². The number of carboxylic acid groups (broad SMARTS) is 1. The third-order valence-electron chi connectivity index (χ3n) is 5.28. The number of hydrogen-bond donors (Lipinski definition) is 2. The van der Waals surface area contributed by atoms with Crippen LogP contribution in [-0.4, -0.2) is 17.6 Å². The maximum Gasteiger partial charge on any atom is 0.303 e. The van der Waals surface area contributed by atoms with Crippen LogP contribution in [0.4, 0.5) is 0 Å². The van der Waals surface area contributed by atoms with Crippen molar-refractivity contribution < 1.29 is 9.90 Å². The molecule has 0 aromatic rings. The monoisotopic (exact) mass is 461 g/mol. The fourth-order valence-electron chi connectivity index (χ4n) is 3.21. The molecule has 0 aromatic heterocycles. The highest BCUT2D eigenvalue weighted by atomic mass is 16.4. The van der Waals surface area contributed by atoms with Gasteiger partial charge in [-0.05, 0) is 57.9 Å². The van der Waals surface area contributed by atoms with Crippen molar-refractivity contribution in [3.05, 3.63) is 48.6 Å². The molecule has 0 spiro atoms. The van der Waals surface area contributed by atoms with Gasteiger partial charge in [-0.1, -0.05) is 120 Å². The van der Waals surface area contributed by atoms with Crippen molar-refractivity contribution >= 4 is 5.97 Å². The highest BCUT2D eigenvalue weighted by molar-refractivity contribution is 5.66. The van der Waals surface area contributed by atoms with E-state index in [1.54, 1.807) is 0 Å². The number of unbranched alkanes of at least 4 members (excludes halogenated alkanes) is 11. The summed E-state index contributed by atoms with van der Waals surface area (Å²) in [4.78, 5) is 10.3. The molecule has 192 valence electrons. The molecular weight excluding hydrogens is 406 g/mol. The molecule has 0 bridgehead atoms. The Morgan fingerprint density at radius 2 is 0.970 bits per heavy atom. The molecule has 0 aliphatic heterocycles. The van der Waals surface area contributed by atoms with Crippen LogP contribution in [0.3, 0.4) is 0 Å². The Hall–Kier alpha value is -1.61. The van der Waals surface area contributed by atoms with Crippen molar-refractivity contribution in [1.29, 1.82) is 0 Å². The Kier molecular flexibility index (Phi) is 33.1. The van der Waals surface area contributed by atoms with E-state index >= 15 is 0 Å². The standard InChI is InChI=1S/C20H32O2.C10H23N/c1-2-3-4-5-6-7-8-9-10-11-12-13-14-15-16-17-18-19-20(21)22;1-2-3-4-5-6-7-8-9-10-11/h6-7,9-10,12-13,15-16H,2-5,8,11,14,17-19H2,1H3,(H,21,22);2-11H2,1H3/b7-6-,10-9-,13-12-,16-15-;. The molecule has 3 nitrogen and oxygen atoms in total. The molecule has 0 atom stereocenters. The molecule has 0 fully saturated rings. The third kappa shape index (κ3) is 38.0. The number of allylic oxidation sites excluding steroid dienone is 8. The summed E-state index contributed by atoms with van der Waals surface area (Å²) in [7, 11) is 0. The number of rotatable bonds is 22. The first kappa shape index (κ1) is 33.6. The van der Waals surface area contributed by atoms with E-state index in [1.165, 1.54) is 77.0 Å². The fourth-order valence-corrected chi connectivity index (χ4v) is 3.21. The van der Waals surface area contributed by atoms with Gasteiger partial charge in [0, 0.05) is 6.42 Å². The summed E-state index contributed by atoms with van der Waals surface area (Å²) in [5, 5.41) is 8.49. The van der Waals surface area contributed by atoms with E-state index in [4.69, 9.17) is 10.8 Å². The average molecular weight is 462 g/mol. The second-order valence-electron chi connectivity index (χ2n) is 8.64. The van der Waals surface area contributed by atoms with E-state index in [1.807, 2.05) is 0 Å². The Balaban J connectivity index is 0. The molecule has 3 heteroatoms. The molecule has 0 unspecified atom stereocenters. The van der Waals surface area contributed by atoms with Crippen LogP contribution in [0.25, 0.3) is 0 Å². The first-order valence-corrected chi connectivity index (χ1v) is 13.7. The molecule has 0 aromatic carbocycles. The van der Waals surface area contributed by atoms with E-state index in [0.29, 0.717) is 0 Å². The van der Waals surface area contributed by atoms with Crippen LogP contribution in [0.15, 0.2) is 48.6 Å². The summed E-state index contributed by atoms with van der Waals surface area (Å²) in [6, 6.07) is 0. The number of aliphatic carboxylic acids is 1. The van der Waals surface area contributed by atoms with Crippen LogP contribution in [-0.2, 0) is 4.79 Å². The molecule has 0 aliphatic rings. The summed E-state index contributed by atoms with van der Waals surface area (Å²) >= 11 is 0. The van der Waals surface area contributed by atoms with E-state index in [2.05, 4.69) is 62.5 Å². The predicted molar refractivity (Wildman–Crippen MR) is 148 cm³/mol. The lowest BCUT2D eigenvalue weighted by atomic mass is 10.1.